The summed E-state index contributed by atoms with van der Waals surface area (Å²) in [6.45, 7) is 1.73. The highest BCUT2D eigenvalue weighted by molar-refractivity contribution is 8.00. The molecule has 1 aliphatic carbocycles. The van der Waals surface area contributed by atoms with Gasteiger partial charge in [-0.05, 0) is 60.8 Å². The van der Waals surface area contributed by atoms with Crippen LogP contribution >= 0.6 is 23.1 Å². The van der Waals surface area contributed by atoms with Crippen LogP contribution in [0.1, 0.15) is 54.0 Å². The van der Waals surface area contributed by atoms with Crippen LogP contribution in [0.15, 0.2) is 125 Å². The first-order chi connectivity index (χ1) is 22.8. The molecule has 0 aliphatic heterocycles. The van der Waals surface area contributed by atoms with E-state index in [0.29, 0.717) is 27.3 Å². The van der Waals surface area contributed by atoms with Crippen LogP contribution in [-0.2, 0) is 9.59 Å². The van der Waals surface area contributed by atoms with Gasteiger partial charge >= 0.3 is 0 Å². The van der Waals surface area contributed by atoms with Gasteiger partial charge in [-0.3, -0.25) is 24.0 Å². The molecular weight excluding hydrogens is 631 g/mol. The summed E-state index contributed by atoms with van der Waals surface area (Å²) in [5.74, 6) is -1.86. The number of anilines is 2. The van der Waals surface area contributed by atoms with E-state index >= 15 is 0 Å². The van der Waals surface area contributed by atoms with Crippen molar-refractivity contribution in [1.82, 2.24) is 5.32 Å². The molecular formula is C37H27N3O5S2. The second kappa shape index (κ2) is 13.8. The highest BCUT2D eigenvalue weighted by Gasteiger charge is 2.32. The molecule has 1 atom stereocenters. The van der Waals surface area contributed by atoms with Crippen molar-refractivity contribution in [3.8, 4) is 0 Å². The number of hydrogen-bond donors (Lipinski definition) is 3. The average Bonchev–Trinajstić information content (AvgIpc) is 3.60. The Morgan fingerprint density at radius 2 is 1.45 bits per heavy atom. The molecule has 0 bridgehead atoms. The zero-order valence-electron chi connectivity index (χ0n) is 25.0. The van der Waals surface area contributed by atoms with Gasteiger partial charge in [-0.1, -0.05) is 66.7 Å². The summed E-state index contributed by atoms with van der Waals surface area (Å²) >= 11 is 2.69. The van der Waals surface area contributed by atoms with Crippen LogP contribution in [0, 0.1) is 0 Å². The van der Waals surface area contributed by atoms with Gasteiger partial charge in [0, 0.05) is 37.7 Å². The molecule has 3 amide bonds. The number of carbonyl (C=O) groups is 5. The first-order valence-electron chi connectivity index (χ1n) is 14.6. The van der Waals surface area contributed by atoms with Crippen LogP contribution in [0.25, 0.3) is 6.08 Å². The number of fused-ring (bicyclic) bond motifs is 2. The van der Waals surface area contributed by atoms with E-state index in [-0.39, 0.29) is 40.0 Å². The number of amides is 3. The van der Waals surface area contributed by atoms with Gasteiger partial charge in [-0.25, -0.2) is 0 Å². The molecule has 5 aromatic rings. The van der Waals surface area contributed by atoms with Gasteiger partial charge in [-0.15, -0.1) is 23.1 Å². The summed E-state index contributed by atoms with van der Waals surface area (Å²) < 4.78 is 0. The monoisotopic (exact) mass is 657 g/mol. The molecule has 4 aromatic carbocycles. The molecule has 0 radical (unpaired) electrons. The van der Waals surface area contributed by atoms with Crippen molar-refractivity contribution in [3.05, 3.63) is 153 Å². The van der Waals surface area contributed by atoms with E-state index in [9.17, 15) is 24.0 Å². The molecule has 3 N–H and O–H groups in total. The zero-order chi connectivity index (χ0) is 32.9. The molecule has 232 valence electrons. The van der Waals surface area contributed by atoms with E-state index in [1.807, 2.05) is 23.6 Å². The summed E-state index contributed by atoms with van der Waals surface area (Å²) in [6.07, 6.45) is 1.62. The lowest BCUT2D eigenvalue weighted by molar-refractivity contribution is -0.115. The smallest absolute Gasteiger partial charge is 0.272 e. The lowest BCUT2D eigenvalue weighted by Gasteiger charge is -2.21. The van der Waals surface area contributed by atoms with Crippen LogP contribution in [0.3, 0.4) is 0 Å². The third-order valence-corrected chi connectivity index (χ3v) is 9.26. The van der Waals surface area contributed by atoms with Gasteiger partial charge in [0.05, 0.1) is 16.5 Å². The third kappa shape index (κ3) is 6.99. The number of benzene rings is 4. The molecule has 0 saturated heterocycles. The van der Waals surface area contributed by atoms with Crippen LogP contribution in [0.4, 0.5) is 11.4 Å². The zero-order valence-corrected chi connectivity index (χ0v) is 26.6. The highest BCUT2D eigenvalue weighted by atomic mass is 32.2. The lowest BCUT2D eigenvalue weighted by Crippen LogP contribution is -2.30. The van der Waals surface area contributed by atoms with Crippen LogP contribution in [0.5, 0.6) is 0 Å². The van der Waals surface area contributed by atoms with Gasteiger partial charge in [0.15, 0.2) is 11.6 Å². The fourth-order valence-electron chi connectivity index (χ4n) is 5.04. The van der Waals surface area contributed by atoms with E-state index in [0.717, 1.165) is 4.88 Å². The normalized spacial score (nSPS) is 12.8. The van der Waals surface area contributed by atoms with E-state index in [1.54, 1.807) is 104 Å². The Morgan fingerprint density at radius 3 is 2.19 bits per heavy atom. The quantitative estimate of drug-likeness (QED) is 0.113. The van der Waals surface area contributed by atoms with Crippen molar-refractivity contribution >= 4 is 69.8 Å². The topological polar surface area (TPSA) is 121 Å². The second-order valence-electron chi connectivity index (χ2n) is 10.6. The Labute approximate surface area is 278 Å². The van der Waals surface area contributed by atoms with Gasteiger partial charge in [-0.2, -0.15) is 0 Å². The first-order valence-corrected chi connectivity index (χ1v) is 16.4. The maximum Gasteiger partial charge on any atom is 0.272 e. The molecule has 10 heteroatoms. The minimum absolute atomic E-state index is 0.0777. The Balaban J connectivity index is 1.15. The van der Waals surface area contributed by atoms with Crippen molar-refractivity contribution in [1.29, 1.82) is 0 Å². The lowest BCUT2D eigenvalue weighted by atomic mass is 9.83. The summed E-state index contributed by atoms with van der Waals surface area (Å²) in [5.41, 5.74) is 2.32. The van der Waals surface area contributed by atoms with Crippen molar-refractivity contribution < 1.29 is 24.0 Å². The Hall–Kier alpha value is -5.58. The Kier molecular flexibility index (Phi) is 9.23. The number of nitrogens with one attached hydrogen (secondary N) is 3. The maximum absolute atomic E-state index is 13.4. The van der Waals surface area contributed by atoms with E-state index < -0.39 is 17.1 Å². The molecule has 1 aromatic heterocycles. The summed E-state index contributed by atoms with van der Waals surface area (Å²) in [4.78, 5) is 67.5. The van der Waals surface area contributed by atoms with Crippen molar-refractivity contribution in [2.24, 2.45) is 0 Å². The molecule has 0 fully saturated rings. The van der Waals surface area contributed by atoms with E-state index in [1.165, 1.54) is 23.1 Å². The fraction of sp³-hybridized carbons (Fsp3) is 0.0541. The number of thioether (sulfide) groups is 1. The van der Waals surface area contributed by atoms with Crippen LogP contribution in [-0.4, -0.2) is 34.5 Å². The SMILES string of the molecule is CC(Sc1cccc(NC(=O)/C(=C\c2cccs2)NC(=O)c2ccccc2)c1)C(=O)Nc1cccc2c1C(=O)c1ccccc1C2=O. The summed E-state index contributed by atoms with van der Waals surface area (Å²) in [7, 11) is 0. The molecule has 1 heterocycles. The largest absolute Gasteiger partial charge is 0.324 e. The van der Waals surface area contributed by atoms with Crippen molar-refractivity contribution in [2.45, 2.75) is 17.1 Å². The van der Waals surface area contributed by atoms with Gasteiger partial charge in [0.2, 0.25) is 5.91 Å². The van der Waals surface area contributed by atoms with Gasteiger partial charge in [0.25, 0.3) is 11.8 Å². The highest BCUT2D eigenvalue weighted by Crippen LogP contribution is 2.33. The number of rotatable bonds is 9. The molecule has 1 unspecified atom stereocenters. The standard InChI is InChI=1S/C37H27N3O5S2/c1-22(35(43)39-30-18-8-17-29-32(30)34(42)28-16-6-5-15-27(28)33(29)41)47-26-13-7-12-24(20-26)38-37(45)31(21-25-14-9-19-46-25)40-36(44)23-10-3-2-4-11-23/h2-22H,1H3,(H,38,45)(H,39,43)(H,40,44)/b31-21+. The van der Waals surface area contributed by atoms with Gasteiger partial charge in [0.1, 0.15) is 5.70 Å². The predicted molar refractivity (Wildman–Crippen MR) is 185 cm³/mol. The van der Waals surface area contributed by atoms with Crippen molar-refractivity contribution in [3.63, 3.8) is 0 Å². The number of hydrogen-bond acceptors (Lipinski definition) is 7. The summed E-state index contributed by atoms with van der Waals surface area (Å²) in [5, 5.41) is 9.68. The maximum atomic E-state index is 13.4. The van der Waals surface area contributed by atoms with Crippen LogP contribution < -0.4 is 16.0 Å². The van der Waals surface area contributed by atoms with E-state index in [2.05, 4.69) is 16.0 Å². The second-order valence-corrected chi connectivity index (χ2v) is 13.0. The molecule has 0 saturated carbocycles. The molecule has 8 nitrogen and oxygen atoms in total. The molecule has 47 heavy (non-hydrogen) atoms. The number of ketones is 2. The third-order valence-electron chi connectivity index (χ3n) is 7.34. The van der Waals surface area contributed by atoms with E-state index in [4.69, 9.17) is 0 Å². The fourth-order valence-corrected chi connectivity index (χ4v) is 6.63. The predicted octanol–water partition coefficient (Wildman–Crippen LogP) is 7.05. The molecule has 0 spiro atoms. The minimum atomic E-state index is -0.599. The molecule has 1 aliphatic rings. The van der Waals surface area contributed by atoms with Gasteiger partial charge < -0.3 is 16.0 Å². The Bertz CT molecular complexity index is 2060. The van der Waals surface area contributed by atoms with Crippen molar-refractivity contribution in [2.75, 3.05) is 10.6 Å². The molecule has 6 rings (SSSR count). The Morgan fingerprint density at radius 1 is 0.745 bits per heavy atom. The minimum Gasteiger partial charge on any atom is -0.324 e. The number of carbonyl (C=O) groups excluding carboxylic acids is 5. The summed E-state index contributed by atoms with van der Waals surface area (Å²) in [6, 6.07) is 30.8. The average molecular weight is 658 g/mol. The number of thiophene rings is 1. The first kappa shape index (κ1) is 31.4. The van der Waals surface area contributed by atoms with Crippen LogP contribution in [0.2, 0.25) is 0 Å².